The summed E-state index contributed by atoms with van der Waals surface area (Å²) in [7, 11) is 0. The summed E-state index contributed by atoms with van der Waals surface area (Å²) in [5.41, 5.74) is 7.90. The van der Waals surface area contributed by atoms with Crippen molar-refractivity contribution < 1.29 is 13.9 Å². The minimum Gasteiger partial charge on any atom is -0.488 e. The number of rotatable bonds is 8. The Labute approximate surface area is 174 Å². The van der Waals surface area contributed by atoms with E-state index in [4.69, 9.17) is 22.1 Å². The van der Waals surface area contributed by atoms with E-state index in [2.05, 4.69) is 0 Å². The van der Waals surface area contributed by atoms with Crippen LogP contribution in [0.1, 0.15) is 21.5 Å². The summed E-state index contributed by atoms with van der Waals surface area (Å²) < 4.78 is 19.3. The molecule has 29 heavy (non-hydrogen) atoms. The monoisotopic (exact) mass is 412 g/mol. The predicted octanol–water partition coefficient (Wildman–Crippen LogP) is 4.66. The molecule has 4 nitrogen and oxygen atoms in total. The molecule has 0 aromatic heterocycles. The summed E-state index contributed by atoms with van der Waals surface area (Å²) in [6.07, 6.45) is 0. The van der Waals surface area contributed by atoms with Crippen molar-refractivity contribution in [2.45, 2.75) is 13.2 Å². The molecule has 0 aliphatic rings. The molecule has 1 amide bonds. The third-order valence-electron chi connectivity index (χ3n) is 4.40. The fourth-order valence-corrected chi connectivity index (χ4v) is 3.14. The molecule has 0 radical (unpaired) electrons. The van der Waals surface area contributed by atoms with Crippen LogP contribution in [0.5, 0.6) is 5.75 Å². The fourth-order valence-electron chi connectivity index (χ4n) is 2.94. The van der Waals surface area contributed by atoms with Crippen molar-refractivity contribution >= 4 is 17.5 Å². The van der Waals surface area contributed by atoms with Gasteiger partial charge >= 0.3 is 0 Å². The topological polar surface area (TPSA) is 55.6 Å². The van der Waals surface area contributed by atoms with Gasteiger partial charge in [-0.2, -0.15) is 0 Å². The van der Waals surface area contributed by atoms with Crippen LogP contribution in [0.15, 0.2) is 72.8 Å². The van der Waals surface area contributed by atoms with Crippen LogP contribution in [0.2, 0.25) is 5.02 Å². The number of nitrogens with zero attached hydrogens (tertiary/aromatic N) is 1. The molecule has 0 aliphatic heterocycles. The smallest absolute Gasteiger partial charge is 0.257 e. The SMILES string of the molecule is NCCN(Cc1ccc(F)c(Cl)c1)C(=O)c1ccccc1OCc1ccccc1. The zero-order valence-electron chi connectivity index (χ0n) is 15.9. The molecule has 0 heterocycles. The van der Waals surface area contributed by atoms with E-state index in [-0.39, 0.29) is 17.5 Å². The van der Waals surface area contributed by atoms with E-state index in [0.717, 1.165) is 11.1 Å². The molecule has 150 valence electrons. The first-order chi connectivity index (χ1) is 14.1. The second-order valence-corrected chi connectivity index (χ2v) is 6.94. The summed E-state index contributed by atoms with van der Waals surface area (Å²) in [6, 6.07) is 21.3. The number of nitrogens with two attached hydrogens (primary N) is 1. The molecule has 6 heteroatoms. The van der Waals surface area contributed by atoms with Gasteiger partial charge in [-0.05, 0) is 35.4 Å². The van der Waals surface area contributed by atoms with Crippen LogP contribution in [0.4, 0.5) is 4.39 Å². The largest absolute Gasteiger partial charge is 0.488 e. The Hall–Kier alpha value is -2.89. The Morgan fingerprint density at radius 2 is 1.72 bits per heavy atom. The number of carbonyl (C=O) groups is 1. The third kappa shape index (κ3) is 5.56. The molecule has 0 spiro atoms. The van der Waals surface area contributed by atoms with Gasteiger partial charge in [0.2, 0.25) is 0 Å². The standard InChI is InChI=1S/C23H22ClFN2O2/c24-20-14-18(10-11-21(20)25)15-27(13-12-26)23(28)19-8-4-5-9-22(19)29-16-17-6-2-1-3-7-17/h1-11,14H,12-13,15-16,26H2. The lowest BCUT2D eigenvalue weighted by Gasteiger charge is -2.23. The molecule has 3 aromatic rings. The molecule has 0 aliphatic carbocycles. The third-order valence-corrected chi connectivity index (χ3v) is 4.69. The van der Waals surface area contributed by atoms with Gasteiger partial charge in [0, 0.05) is 19.6 Å². The van der Waals surface area contributed by atoms with Crippen LogP contribution in [-0.2, 0) is 13.2 Å². The summed E-state index contributed by atoms with van der Waals surface area (Å²) in [5, 5.41) is 0.0224. The van der Waals surface area contributed by atoms with E-state index in [1.54, 1.807) is 29.2 Å². The van der Waals surface area contributed by atoms with Crippen LogP contribution in [-0.4, -0.2) is 23.9 Å². The predicted molar refractivity (Wildman–Crippen MR) is 112 cm³/mol. The second kappa shape index (κ2) is 10.0. The van der Waals surface area contributed by atoms with Crippen molar-refractivity contribution in [2.75, 3.05) is 13.1 Å². The highest BCUT2D eigenvalue weighted by Gasteiger charge is 2.20. The molecular formula is C23H22ClFN2O2. The van der Waals surface area contributed by atoms with Crippen LogP contribution in [0.3, 0.4) is 0 Å². The lowest BCUT2D eigenvalue weighted by atomic mass is 10.1. The molecule has 3 aromatic carbocycles. The maximum atomic E-state index is 13.4. The minimum atomic E-state index is -0.494. The average molecular weight is 413 g/mol. The number of para-hydroxylation sites is 1. The van der Waals surface area contributed by atoms with Gasteiger partial charge in [0.25, 0.3) is 5.91 Å². The molecule has 0 unspecified atom stereocenters. The van der Waals surface area contributed by atoms with Gasteiger partial charge in [-0.3, -0.25) is 4.79 Å². The number of halogens is 2. The van der Waals surface area contributed by atoms with Crippen molar-refractivity contribution in [1.82, 2.24) is 4.90 Å². The van der Waals surface area contributed by atoms with E-state index in [9.17, 15) is 9.18 Å². The number of ether oxygens (including phenoxy) is 1. The summed E-state index contributed by atoms with van der Waals surface area (Å²) >= 11 is 5.87. The zero-order valence-corrected chi connectivity index (χ0v) is 16.6. The fraction of sp³-hybridized carbons (Fsp3) is 0.174. The molecule has 0 saturated carbocycles. The summed E-state index contributed by atoms with van der Waals surface area (Å²) in [5.74, 6) is -0.202. The van der Waals surface area contributed by atoms with Gasteiger partial charge in [0.15, 0.2) is 0 Å². The number of hydrogen-bond acceptors (Lipinski definition) is 3. The highest BCUT2D eigenvalue weighted by Crippen LogP contribution is 2.23. The maximum absolute atomic E-state index is 13.4. The van der Waals surface area contributed by atoms with Gasteiger partial charge in [0.1, 0.15) is 18.2 Å². The van der Waals surface area contributed by atoms with Crippen molar-refractivity contribution in [2.24, 2.45) is 5.73 Å². The summed E-state index contributed by atoms with van der Waals surface area (Å²) in [6.45, 7) is 1.27. The van der Waals surface area contributed by atoms with Crippen LogP contribution in [0, 0.1) is 5.82 Å². The molecular weight excluding hydrogens is 391 g/mol. The highest BCUT2D eigenvalue weighted by molar-refractivity contribution is 6.30. The minimum absolute atomic E-state index is 0.0224. The van der Waals surface area contributed by atoms with E-state index < -0.39 is 5.82 Å². The Bertz CT molecular complexity index is 966. The molecule has 0 atom stereocenters. The number of hydrogen-bond donors (Lipinski definition) is 1. The van der Waals surface area contributed by atoms with Crippen LogP contribution >= 0.6 is 11.6 Å². The summed E-state index contributed by atoms with van der Waals surface area (Å²) in [4.78, 5) is 14.8. The van der Waals surface area contributed by atoms with Crippen molar-refractivity contribution in [3.8, 4) is 5.75 Å². The molecule has 2 N–H and O–H groups in total. The molecule has 0 saturated heterocycles. The second-order valence-electron chi connectivity index (χ2n) is 6.53. The average Bonchev–Trinajstić information content (AvgIpc) is 2.75. The molecule has 0 fully saturated rings. The number of carbonyl (C=O) groups excluding carboxylic acids is 1. The van der Waals surface area contributed by atoms with Crippen molar-refractivity contribution in [3.63, 3.8) is 0 Å². The quantitative estimate of drug-likeness (QED) is 0.585. The lowest BCUT2D eigenvalue weighted by Crippen LogP contribution is -2.35. The molecule has 3 rings (SSSR count). The van der Waals surface area contributed by atoms with Crippen molar-refractivity contribution in [1.29, 1.82) is 0 Å². The first kappa shape index (κ1) is 20.8. The van der Waals surface area contributed by atoms with Gasteiger partial charge in [-0.15, -0.1) is 0 Å². The van der Waals surface area contributed by atoms with Gasteiger partial charge in [-0.1, -0.05) is 60.1 Å². The Kier molecular flexibility index (Phi) is 7.22. The Morgan fingerprint density at radius 3 is 2.45 bits per heavy atom. The first-order valence-corrected chi connectivity index (χ1v) is 9.65. The van der Waals surface area contributed by atoms with E-state index in [0.29, 0.717) is 31.0 Å². The van der Waals surface area contributed by atoms with Crippen LogP contribution < -0.4 is 10.5 Å². The first-order valence-electron chi connectivity index (χ1n) is 9.27. The zero-order chi connectivity index (χ0) is 20.6. The van der Waals surface area contributed by atoms with Gasteiger partial charge in [-0.25, -0.2) is 4.39 Å². The number of amides is 1. The van der Waals surface area contributed by atoms with E-state index >= 15 is 0 Å². The highest BCUT2D eigenvalue weighted by atomic mass is 35.5. The number of benzene rings is 3. The Morgan fingerprint density at radius 1 is 1.00 bits per heavy atom. The Balaban J connectivity index is 1.79. The van der Waals surface area contributed by atoms with Crippen LogP contribution in [0.25, 0.3) is 0 Å². The van der Waals surface area contributed by atoms with Gasteiger partial charge in [0.05, 0.1) is 10.6 Å². The van der Waals surface area contributed by atoms with E-state index in [1.165, 1.54) is 12.1 Å². The maximum Gasteiger partial charge on any atom is 0.257 e. The lowest BCUT2D eigenvalue weighted by molar-refractivity contribution is 0.0743. The normalized spacial score (nSPS) is 10.6. The van der Waals surface area contributed by atoms with E-state index in [1.807, 2.05) is 36.4 Å². The molecule has 0 bridgehead atoms. The van der Waals surface area contributed by atoms with Crippen molar-refractivity contribution in [3.05, 3.63) is 100 Å². The van der Waals surface area contributed by atoms with Gasteiger partial charge < -0.3 is 15.4 Å².